The summed E-state index contributed by atoms with van der Waals surface area (Å²) < 4.78 is 25.4. The Hall–Kier alpha value is -2.92. The van der Waals surface area contributed by atoms with Crippen LogP contribution >= 0.6 is 0 Å². The minimum Gasteiger partial charge on any atom is -0.482 e. The fourth-order valence-corrected chi connectivity index (χ4v) is 5.28. The summed E-state index contributed by atoms with van der Waals surface area (Å²) in [4.78, 5) is 11.6. The molecule has 1 heterocycles. The number of aliphatic hydroxyl groups excluding tert-OH is 1. The number of esters is 1. The molecule has 4 nitrogen and oxygen atoms in total. The van der Waals surface area contributed by atoms with Crippen LogP contribution in [0.4, 0.5) is 4.39 Å². The lowest BCUT2D eigenvalue weighted by atomic mass is 9.79. The molecule has 2 unspecified atom stereocenters. The molecule has 0 bridgehead atoms. The Labute approximate surface area is 207 Å². The van der Waals surface area contributed by atoms with Crippen molar-refractivity contribution >= 4 is 11.5 Å². The third-order valence-corrected chi connectivity index (χ3v) is 6.99. The zero-order valence-electron chi connectivity index (χ0n) is 20.6. The van der Waals surface area contributed by atoms with Gasteiger partial charge in [0.15, 0.2) is 0 Å². The van der Waals surface area contributed by atoms with Crippen molar-refractivity contribution in [2.75, 3.05) is 6.61 Å². The molecule has 0 radical (unpaired) electrons. The molecule has 4 rings (SSSR count). The first-order chi connectivity index (χ1) is 16.9. The number of hydrogen-bond acceptors (Lipinski definition) is 4. The minimum absolute atomic E-state index is 0.102. The molecule has 1 spiro atoms. The molecular weight excluding hydrogens is 443 g/mol. The largest absolute Gasteiger partial charge is 0.482 e. The van der Waals surface area contributed by atoms with E-state index in [2.05, 4.69) is 25.1 Å². The van der Waals surface area contributed by atoms with E-state index in [1.54, 1.807) is 6.92 Å². The number of ether oxygens (including phenoxy) is 2. The van der Waals surface area contributed by atoms with Gasteiger partial charge in [0.05, 0.1) is 12.7 Å². The molecule has 186 valence electrons. The predicted molar refractivity (Wildman–Crippen MR) is 135 cm³/mol. The number of hydrogen-bond donors (Lipinski definition) is 1. The maximum atomic E-state index is 13.8. The van der Waals surface area contributed by atoms with Gasteiger partial charge >= 0.3 is 5.97 Å². The Morgan fingerprint density at radius 1 is 1.17 bits per heavy atom. The van der Waals surface area contributed by atoms with E-state index in [1.807, 2.05) is 30.3 Å². The van der Waals surface area contributed by atoms with Gasteiger partial charge in [-0.05, 0) is 80.7 Å². The highest BCUT2D eigenvalue weighted by molar-refractivity contribution is 5.88. The molecule has 1 aliphatic heterocycles. The van der Waals surface area contributed by atoms with E-state index in [0.717, 1.165) is 53.7 Å². The van der Waals surface area contributed by atoms with Crippen molar-refractivity contribution in [1.29, 1.82) is 0 Å². The van der Waals surface area contributed by atoms with E-state index >= 15 is 0 Å². The molecule has 2 aromatic carbocycles. The maximum Gasteiger partial charge on any atom is 0.305 e. The molecule has 1 fully saturated rings. The Morgan fingerprint density at radius 3 is 2.60 bits per heavy atom. The second kappa shape index (κ2) is 11.2. The van der Waals surface area contributed by atoms with Crippen LogP contribution in [0.5, 0.6) is 5.75 Å². The van der Waals surface area contributed by atoms with Gasteiger partial charge < -0.3 is 14.6 Å². The van der Waals surface area contributed by atoms with E-state index in [0.29, 0.717) is 19.4 Å². The first-order valence-corrected chi connectivity index (χ1v) is 12.7. The third-order valence-electron chi connectivity index (χ3n) is 6.99. The van der Waals surface area contributed by atoms with Crippen LogP contribution in [0.1, 0.15) is 69.9 Å². The Kier molecular flexibility index (Phi) is 8.07. The normalized spacial score (nSPS) is 18.4. The van der Waals surface area contributed by atoms with E-state index < -0.39 is 11.7 Å². The van der Waals surface area contributed by atoms with Gasteiger partial charge in [0.25, 0.3) is 0 Å². The van der Waals surface area contributed by atoms with Crippen molar-refractivity contribution in [3.05, 3.63) is 83.2 Å². The zero-order chi connectivity index (χ0) is 24.8. The number of benzene rings is 2. The quantitative estimate of drug-likeness (QED) is 0.412. The van der Waals surface area contributed by atoms with E-state index in [9.17, 15) is 14.3 Å². The van der Waals surface area contributed by atoms with Crippen molar-refractivity contribution in [3.8, 4) is 5.75 Å². The second-order valence-electron chi connectivity index (χ2n) is 9.66. The van der Waals surface area contributed by atoms with Gasteiger partial charge in [-0.1, -0.05) is 49.4 Å². The van der Waals surface area contributed by atoms with Gasteiger partial charge in [0.1, 0.15) is 17.2 Å². The lowest BCUT2D eigenvalue weighted by Crippen LogP contribution is -2.38. The first-order valence-electron chi connectivity index (χ1n) is 12.7. The lowest BCUT2D eigenvalue weighted by molar-refractivity contribution is -0.143. The molecule has 2 aliphatic rings. The standard InChI is InChI=1S/C30H35FO4/c1-3-34-28(33)17-15-24(32)20-21(2)10-16-26-29(22-11-13-23(31)14-12-22)25-8-4-5-9-27(25)35-30(26)18-6-7-19-30/h4-5,8-14,16,21,24,32H,3,6-7,15,17-20H2,1-2H3. The third kappa shape index (κ3) is 5.84. The van der Waals surface area contributed by atoms with Crippen LogP contribution in [0.3, 0.4) is 0 Å². The molecule has 2 atom stereocenters. The number of rotatable bonds is 9. The fourth-order valence-electron chi connectivity index (χ4n) is 5.28. The van der Waals surface area contributed by atoms with Crippen molar-refractivity contribution in [2.24, 2.45) is 5.92 Å². The van der Waals surface area contributed by atoms with Crippen LogP contribution < -0.4 is 4.74 Å². The van der Waals surface area contributed by atoms with Crippen LogP contribution in [0.2, 0.25) is 0 Å². The second-order valence-corrected chi connectivity index (χ2v) is 9.66. The van der Waals surface area contributed by atoms with Gasteiger partial charge in [-0.25, -0.2) is 4.39 Å². The molecule has 2 aromatic rings. The minimum atomic E-state index is -0.576. The summed E-state index contributed by atoms with van der Waals surface area (Å²) >= 11 is 0. The SMILES string of the molecule is CCOC(=O)CCC(O)CC(C)C=CC1=C(c2ccc(F)cc2)c2ccccc2OC12CCCC2. The lowest BCUT2D eigenvalue weighted by Gasteiger charge is -2.39. The van der Waals surface area contributed by atoms with Gasteiger partial charge in [0.2, 0.25) is 0 Å². The van der Waals surface area contributed by atoms with Crippen LogP contribution in [-0.4, -0.2) is 29.4 Å². The van der Waals surface area contributed by atoms with E-state index in [4.69, 9.17) is 9.47 Å². The molecule has 1 aliphatic carbocycles. The van der Waals surface area contributed by atoms with E-state index in [1.165, 1.54) is 12.1 Å². The summed E-state index contributed by atoms with van der Waals surface area (Å²) in [6, 6.07) is 14.8. The summed E-state index contributed by atoms with van der Waals surface area (Å²) in [5, 5.41) is 10.5. The molecular formula is C30H35FO4. The van der Waals surface area contributed by atoms with Crippen LogP contribution in [0.15, 0.2) is 66.3 Å². The highest BCUT2D eigenvalue weighted by Gasteiger charge is 2.44. The molecule has 0 saturated heterocycles. The van der Waals surface area contributed by atoms with E-state index in [-0.39, 0.29) is 24.1 Å². The summed E-state index contributed by atoms with van der Waals surface area (Å²) in [5.74, 6) is 0.441. The van der Waals surface area contributed by atoms with Gasteiger partial charge in [-0.2, -0.15) is 0 Å². The Balaban J connectivity index is 1.65. The highest BCUT2D eigenvalue weighted by Crippen LogP contribution is 2.50. The smallest absolute Gasteiger partial charge is 0.305 e. The molecule has 0 amide bonds. The van der Waals surface area contributed by atoms with Gasteiger partial charge in [-0.15, -0.1) is 0 Å². The zero-order valence-corrected chi connectivity index (χ0v) is 20.6. The van der Waals surface area contributed by atoms with Crippen molar-refractivity contribution in [2.45, 2.75) is 70.5 Å². The van der Waals surface area contributed by atoms with Gasteiger partial charge in [-0.3, -0.25) is 4.79 Å². The number of aliphatic hydroxyl groups is 1. The summed E-state index contributed by atoms with van der Waals surface area (Å²) in [7, 11) is 0. The van der Waals surface area contributed by atoms with Crippen LogP contribution in [0.25, 0.3) is 5.57 Å². The number of allylic oxidation sites excluding steroid dienone is 1. The maximum absolute atomic E-state index is 13.8. The van der Waals surface area contributed by atoms with Crippen molar-refractivity contribution in [3.63, 3.8) is 0 Å². The van der Waals surface area contributed by atoms with Crippen LogP contribution in [-0.2, 0) is 9.53 Å². The number of carbonyl (C=O) groups excluding carboxylic acids is 1. The topological polar surface area (TPSA) is 55.8 Å². The van der Waals surface area contributed by atoms with Crippen LogP contribution in [0, 0.1) is 11.7 Å². The van der Waals surface area contributed by atoms with Crippen molar-refractivity contribution < 1.29 is 23.8 Å². The first kappa shape index (κ1) is 25.2. The summed E-state index contributed by atoms with van der Waals surface area (Å²) in [5.41, 5.74) is 3.78. The number of para-hydroxylation sites is 1. The molecule has 1 saturated carbocycles. The Bertz CT molecular complexity index is 1080. The molecule has 35 heavy (non-hydrogen) atoms. The average molecular weight is 479 g/mol. The highest BCUT2D eigenvalue weighted by atomic mass is 19.1. The molecule has 1 N–H and O–H groups in total. The predicted octanol–water partition coefficient (Wildman–Crippen LogP) is 6.62. The number of fused-ring (bicyclic) bond motifs is 1. The molecule has 5 heteroatoms. The molecule has 0 aromatic heterocycles. The Morgan fingerprint density at radius 2 is 1.89 bits per heavy atom. The number of halogens is 1. The average Bonchev–Trinajstić information content (AvgIpc) is 3.30. The van der Waals surface area contributed by atoms with Gasteiger partial charge in [0, 0.05) is 17.6 Å². The summed E-state index contributed by atoms with van der Waals surface area (Å²) in [6.07, 6.45) is 8.93. The monoisotopic (exact) mass is 478 g/mol. The number of carbonyl (C=O) groups is 1. The van der Waals surface area contributed by atoms with Crippen molar-refractivity contribution in [1.82, 2.24) is 0 Å². The summed E-state index contributed by atoms with van der Waals surface area (Å²) in [6.45, 7) is 4.20. The fraction of sp³-hybridized carbons (Fsp3) is 0.433.